The van der Waals surface area contributed by atoms with Crippen molar-refractivity contribution in [1.29, 1.82) is 0 Å². The summed E-state index contributed by atoms with van der Waals surface area (Å²) in [7, 11) is 1.52. The number of fused-ring (bicyclic) bond motifs is 1. The second-order valence-electron chi connectivity index (χ2n) is 4.81. The van der Waals surface area contributed by atoms with E-state index in [1.165, 1.54) is 7.11 Å². The summed E-state index contributed by atoms with van der Waals surface area (Å²) in [5.74, 6) is 0.419. The number of methoxy groups -OCH3 is 1. The number of hydrogen-bond acceptors (Lipinski definition) is 3. The number of Topliss-reactive ketones (excluding diaryl/α,β-unsaturated/α-hetero) is 1. The SMILES string of the molecule is COc1c(CC(=O)C(C)C)c(=O)[nH]c2ccccc12. The van der Waals surface area contributed by atoms with E-state index in [9.17, 15) is 9.59 Å². The van der Waals surface area contributed by atoms with E-state index in [1.54, 1.807) is 0 Å². The molecule has 2 aromatic rings. The van der Waals surface area contributed by atoms with Crippen LogP contribution in [0.4, 0.5) is 0 Å². The Morgan fingerprint density at radius 1 is 1.32 bits per heavy atom. The monoisotopic (exact) mass is 259 g/mol. The van der Waals surface area contributed by atoms with E-state index >= 15 is 0 Å². The van der Waals surface area contributed by atoms with Crippen LogP contribution in [0.2, 0.25) is 0 Å². The van der Waals surface area contributed by atoms with Gasteiger partial charge in [-0.25, -0.2) is 0 Å². The van der Waals surface area contributed by atoms with E-state index in [1.807, 2.05) is 38.1 Å². The molecule has 0 spiro atoms. The molecule has 0 amide bonds. The van der Waals surface area contributed by atoms with Gasteiger partial charge in [0.1, 0.15) is 11.5 Å². The molecule has 0 unspecified atom stereocenters. The van der Waals surface area contributed by atoms with E-state index in [2.05, 4.69) is 4.98 Å². The lowest BCUT2D eigenvalue weighted by Crippen LogP contribution is -2.20. The number of ether oxygens (including phenoxy) is 1. The number of rotatable bonds is 4. The first-order chi connectivity index (χ1) is 9.04. The Bertz CT molecular complexity index is 671. The molecule has 1 N–H and O–H groups in total. The Balaban J connectivity index is 2.63. The standard InChI is InChI=1S/C15H17NO3/c1-9(2)13(17)8-11-14(19-3)10-6-4-5-7-12(10)16-15(11)18/h4-7,9H,8H2,1-3H3,(H,16,18). The van der Waals surface area contributed by atoms with Crippen LogP contribution < -0.4 is 10.3 Å². The number of carbonyl (C=O) groups is 1. The number of para-hydroxylation sites is 1. The molecular weight excluding hydrogens is 242 g/mol. The number of pyridine rings is 1. The molecule has 0 radical (unpaired) electrons. The molecule has 0 saturated heterocycles. The summed E-state index contributed by atoms with van der Waals surface area (Å²) in [4.78, 5) is 26.7. The third kappa shape index (κ3) is 2.52. The van der Waals surface area contributed by atoms with Crippen molar-refractivity contribution in [2.45, 2.75) is 20.3 Å². The average Bonchev–Trinajstić information content (AvgIpc) is 2.39. The van der Waals surface area contributed by atoms with Gasteiger partial charge in [-0.3, -0.25) is 9.59 Å². The predicted octanol–water partition coefficient (Wildman–Crippen LogP) is 2.30. The minimum atomic E-state index is -0.260. The van der Waals surface area contributed by atoms with Gasteiger partial charge in [0.05, 0.1) is 18.2 Å². The smallest absolute Gasteiger partial charge is 0.255 e. The molecular formula is C15H17NO3. The lowest BCUT2D eigenvalue weighted by molar-refractivity contribution is -0.121. The number of nitrogens with one attached hydrogen (secondary N) is 1. The molecule has 4 nitrogen and oxygen atoms in total. The molecule has 1 aromatic carbocycles. The van der Waals surface area contributed by atoms with Gasteiger partial charge in [0.25, 0.3) is 5.56 Å². The molecule has 0 fully saturated rings. The molecule has 0 bridgehead atoms. The molecule has 1 aromatic heterocycles. The number of H-pyrrole nitrogens is 1. The van der Waals surface area contributed by atoms with Crippen LogP contribution in [0.15, 0.2) is 29.1 Å². The molecule has 0 atom stereocenters. The number of aromatic amines is 1. The maximum absolute atomic E-state index is 12.1. The Labute approximate surface area is 111 Å². The normalized spacial score (nSPS) is 10.9. The van der Waals surface area contributed by atoms with Crippen LogP contribution in [0, 0.1) is 5.92 Å². The zero-order valence-electron chi connectivity index (χ0n) is 11.3. The van der Waals surface area contributed by atoms with Crippen LogP contribution in [0.1, 0.15) is 19.4 Å². The quantitative estimate of drug-likeness (QED) is 0.916. The number of ketones is 1. The van der Waals surface area contributed by atoms with Gasteiger partial charge in [0.15, 0.2) is 0 Å². The van der Waals surface area contributed by atoms with E-state index in [-0.39, 0.29) is 23.7 Å². The van der Waals surface area contributed by atoms with Gasteiger partial charge < -0.3 is 9.72 Å². The third-order valence-electron chi connectivity index (χ3n) is 3.17. The van der Waals surface area contributed by atoms with E-state index in [0.717, 1.165) is 5.39 Å². The summed E-state index contributed by atoms with van der Waals surface area (Å²) in [6, 6.07) is 7.40. The zero-order chi connectivity index (χ0) is 14.0. The summed E-state index contributed by atoms with van der Waals surface area (Å²) in [6.07, 6.45) is 0.0982. The molecule has 4 heteroatoms. The van der Waals surface area contributed by atoms with Crippen molar-refractivity contribution >= 4 is 16.7 Å². The highest BCUT2D eigenvalue weighted by molar-refractivity contribution is 5.89. The molecule has 100 valence electrons. The van der Waals surface area contributed by atoms with Crippen molar-refractivity contribution in [2.75, 3.05) is 7.11 Å². The summed E-state index contributed by atoms with van der Waals surface area (Å²) in [5.41, 5.74) is 0.856. The van der Waals surface area contributed by atoms with Crippen molar-refractivity contribution in [3.05, 3.63) is 40.2 Å². The second kappa shape index (κ2) is 5.26. The Morgan fingerprint density at radius 2 is 2.00 bits per heavy atom. The van der Waals surface area contributed by atoms with Crippen LogP contribution in [0.25, 0.3) is 10.9 Å². The van der Waals surface area contributed by atoms with Crippen LogP contribution in [-0.2, 0) is 11.2 Å². The first kappa shape index (κ1) is 13.3. The average molecular weight is 259 g/mol. The third-order valence-corrected chi connectivity index (χ3v) is 3.17. The maximum atomic E-state index is 12.1. The molecule has 2 rings (SSSR count). The highest BCUT2D eigenvalue weighted by atomic mass is 16.5. The lowest BCUT2D eigenvalue weighted by Gasteiger charge is -2.11. The van der Waals surface area contributed by atoms with Crippen molar-refractivity contribution in [3.8, 4) is 5.75 Å². The second-order valence-corrected chi connectivity index (χ2v) is 4.81. The highest BCUT2D eigenvalue weighted by Crippen LogP contribution is 2.26. The van der Waals surface area contributed by atoms with Gasteiger partial charge in [0, 0.05) is 17.7 Å². The van der Waals surface area contributed by atoms with Gasteiger partial charge in [0.2, 0.25) is 0 Å². The Hall–Kier alpha value is -2.10. The van der Waals surface area contributed by atoms with Crippen LogP contribution >= 0.6 is 0 Å². The number of benzene rings is 1. The first-order valence-corrected chi connectivity index (χ1v) is 6.25. The van der Waals surface area contributed by atoms with Gasteiger partial charge in [-0.2, -0.15) is 0 Å². The van der Waals surface area contributed by atoms with Crippen LogP contribution in [-0.4, -0.2) is 17.9 Å². The Morgan fingerprint density at radius 3 is 2.63 bits per heavy atom. The fourth-order valence-corrected chi connectivity index (χ4v) is 2.03. The summed E-state index contributed by atoms with van der Waals surface area (Å²) < 4.78 is 5.35. The van der Waals surface area contributed by atoms with Crippen LogP contribution in [0.3, 0.4) is 0 Å². The lowest BCUT2D eigenvalue weighted by atomic mass is 10.00. The fraction of sp³-hybridized carbons (Fsp3) is 0.333. The van der Waals surface area contributed by atoms with Crippen molar-refractivity contribution < 1.29 is 9.53 Å². The summed E-state index contributed by atoms with van der Waals surface area (Å²) in [5, 5.41) is 0.816. The minimum absolute atomic E-state index is 0.0269. The number of hydrogen-bond donors (Lipinski definition) is 1. The van der Waals surface area contributed by atoms with Crippen LogP contribution in [0.5, 0.6) is 5.75 Å². The Kier molecular flexibility index (Phi) is 3.69. The largest absolute Gasteiger partial charge is 0.496 e. The van der Waals surface area contributed by atoms with Gasteiger partial charge in [-0.05, 0) is 12.1 Å². The molecule has 19 heavy (non-hydrogen) atoms. The van der Waals surface area contributed by atoms with Crippen molar-refractivity contribution in [3.63, 3.8) is 0 Å². The summed E-state index contributed by atoms with van der Waals surface area (Å²) >= 11 is 0. The van der Waals surface area contributed by atoms with Gasteiger partial charge in [-0.15, -0.1) is 0 Å². The molecule has 0 aliphatic carbocycles. The van der Waals surface area contributed by atoms with Crippen molar-refractivity contribution in [1.82, 2.24) is 4.98 Å². The van der Waals surface area contributed by atoms with Gasteiger partial charge >= 0.3 is 0 Å². The topological polar surface area (TPSA) is 59.2 Å². The zero-order valence-corrected chi connectivity index (χ0v) is 11.3. The van der Waals surface area contributed by atoms with Crippen molar-refractivity contribution in [2.24, 2.45) is 5.92 Å². The first-order valence-electron chi connectivity index (χ1n) is 6.25. The number of carbonyl (C=O) groups excluding carboxylic acids is 1. The minimum Gasteiger partial charge on any atom is -0.496 e. The van der Waals surface area contributed by atoms with E-state index in [0.29, 0.717) is 16.8 Å². The molecule has 0 aliphatic rings. The van der Waals surface area contributed by atoms with Gasteiger partial charge in [-0.1, -0.05) is 26.0 Å². The summed E-state index contributed by atoms with van der Waals surface area (Å²) in [6.45, 7) is 3.65. The fourth-order valence-electron chi connectivity index (χ4n) is 2.03. The van der Waals surface area contributed by atoms with E-state index in [4.69, 9.17) is 4.74 Å². The number of aromatic nitrogens is 1. The molecule has 0 saturated carbocycles. The predicted molar refractivity (Wildman–Crippen MR) is 74.7 cm³/mol. The highest BCUT2D eigenvalue weighted by Gasteiger charge is 2.17. The molecule has 1 heterocycles. The molecule has 0 aliphatic heterocycles. The maximum Gasteiger partial charge on any atom is 0.255 e. The van der Waals surface area contributed by atoms with E-state index < -0.39 is 0 Å².